The number of carboxylic acids is 1. The fourth-order valence-electron chi connectivity index (χ4n) is 1.85. The van der Waals surface area contributed by atoms with Gasteiger partial charge >= 0.3 is 5.97 Å². The van der Waals surface area contributed by atoms with Crippen LogP contribution in [0.5, 0.6) is 0 Å². The largest absolute Gasteiger partial charge is 0.480 e. The number of aliphatic carboxylic acids is 1. The van der Waals surface area contributed by atoms with Crippen LogP contribution in [0.4, 0.5) is 0 Å². The van der Waals surface area contributed by atoms with Gasteiger partial charge in [0, 0.05) is 5.38 Å². The third kappa shape index (κ3) is 3.93. The van der Waals surface area contributed by atoms with Crippen molar-refractivity contribution in [1.29, 1.82) is 0 Å². The molecule has 2 aromatic rings. The number of rotatable bonds is 6. The number of carbonyl (C=O) groups excluding carboxylic acids is 1. The summed E-state index contributed by atoms with van der Waals surface area (Å²) in [4.78, 5) is 23.1. The first-order valence-electron chi connectivity index (χ1n) is 6.26. The standard InChI is InChI=1S/C15H15NO3S/c17-14(12-8-9-20-10-12)16-13(15(18)19)7-6-11-4-2-1-3-5-11/h1-5,8-10,13H,6-7H2,(H,16,17)(H,18,19)/t13-/m0/s1. The van der Waals surface area contributed by atoms with Crippen LogP contribution in [-0.4, -0.2) is 23.0 Å². The Morgan fingerprint density at radius 1 is 1.20 bits per heavy atom. The highest BCUT2D eigenvalue weighted by atomic mass is 32.1. The number of carboxylic acid groups (broad SMARTS) is 1. The molecule has 1 aromatic carbocycles. The number of nitrogens with one attached hydrogen (secondary N) is 1. The van der Waals surface area contributed by atoms with Crippen molar-refractivity contribution in [3.8, 4) is 0 Å². The number of benzene rings is 1. The monoisotopic (exact) mass is 289 g/mol. The second-order valence-electron chi connectivity index (χ2n) is 4.40. The zero-order valence-electron chi connectivity index (χ0n) is 10.8. The van der Waals surface area contributed by atoms with Crippen LogP contribution in [0.2, 0.25) is 0 Å². The van der Waals surface area contributed by atoms with Crippen molar-refractivity contribution >= 4 is 23.2 Å². The fourth-order valence-corrected chi connectivity index (χ4v) is 2.48. The SMILES string of the molecule is O=C(N[C@@H](CCc1ccccc1)C(=O)O)c1ccsc1. The van der Waals surface area contributed by atoms with Crippen LogP contribution in [0.3, 0.4) is 0 Å². The van der Waals surface area contributed by atoms with Crippen molar-refractivity contribution in [3.63, 3.8) is 0 Å². The fraction of sp³-hybridized carbons (Fsp3) is 0.200. The van der Waals surface area contributed by atoms with Crippen molar-refractivity contribution in [3.05, 3.63) is 58.3 Å². The lowest BCUT2D eigenvalue weighted by Gasteiger charge is -2.14. The zero-order chi connectivity index (χ0) is 14.4. The highest BCUT2D eigenvalue weighted by Crippen LogP contribution is 2.09. The number of aryl methyl sites for hydroxylation is 1. The topological polar surface area (TPSA) is 66.4 Å². The minimum Gasteiger partial charge on any atom is -0.480 e. The summed E-state index contributed by atoms with van der Waals surface area (Å²) in [5.41, 5.74) is 1.56. The van der Waals surface area contributed by atoms with Crippen molar-refractivity contribution in [2.45, 2.75) is 18.9 Å². The van der Waals surface area contributed by atoms with Crippen molar-refractivity contribution in [2.75, 3.05) is 0 Å². The summed E-state index contributed by atoms with van der Waals surface area (Å²) in [6.07, 6.45) is 0.983. The molecular weight excluding hydrogens is 274 g/mol. The molecule has 0 unspecified atom stereocenters. The summed E-state index contributed by atoms with van der Waals surface area (Å²) in [7, 11) is 0. The maximum absolute atomic E-state index is 11.9. The second kappa shape index (κ2) is 6.86. The molecule has 2 rings (SSSR count). The van der Waals surface area contributed by atoms with Crippen LogP contribution in [-0.2, 0) is 11.2 Å². The van der Waals surface area contributed by atoms with Crippen LogP contribution in [0.1, 0.15) is 22.3 Å². The van der Waals surface area contributed by atoms with Gasteiger partial charge in [-0.3, -0.25) is 4.79 Å². The Morgan fingerprint density at radius 3 is 2.55 bits per heavy atom. The van der Waals surface area contributed by atoms with E-state index in [1.165, 1.54) is 11.3 Å². The van der Waals surface area contributed by atoms with Gasteiger partial charge in [-0.2, -0.15) is 11.3 Å². The molecule has 5 heteroatoms. The van der Waals surface area contributed by atoms with Gasteiger partial charge < -0.3 is 10.4 Å². The van der Waals surface area contributed by atoms with E-state index in [9.17, 15) is 14.7 Å². The Morgan fingerprint density at radius 2 is 1.95 bits per heavy atom. The number of hydrogen-bond donors (Lipinski definition) is 2. The average Bonchev–Trinajstić information content (AvgIpc) is 2.98. The maximum Gasteiger partial charge on any atom is 0.326 e. The van der Waals surface area contributed by atoms with Crippen LogP contribution in [0, 0.1) is 0 Å². The van der Waals surface area contributed by atoms with E-state index in [0.717, 1.165) is 5.56 Å². The highest BCUT2D eigenvalue weighted by molar-refractivity contribution is 7.08. The molecule has 0 aliphatic heterocycles. The minimum absolute atomic E-state index is 0.341. The van der Waals surface area contributed by atoms with Gasteiger partial charge in [-0.05, 0) is 29.9 Å². The molecule has 1 amide bonds. The van der Waals surface area contributed by atoms with E-state index in [1.54, 1.807) is 16.8 Å². The number of hydrogen-bond acceptors (Lipinski definition) is 3. The van der Waals surface area contributed by atoms with E-state index in [4.69, 9.17) is 0 Å². The van der Waals surface area contributed by atoms with Crippen molar-refractivity contribution in [1.82, 2.24) is 5.32 Å². The van der Waals surface area contributed by atoms with Crippen LogP contribution in [0.15, 0.2) is 47.2 Å². The molecule has 0 saturated carbocycles. The maximum atomic E-state index is 11.9. The quantitative estimate of drug-likeness (QED) is 0.859. The Kier molecular flexibility index (Phi) is 4.90. The van der Waals surface area contributed by atoms with E-state index >= 15 is 0 Å². The molecule has 0 aliphatic rings. The third-order valence-electron chi connectivity index (χ3n) is 2.95. The van der Waals surface area contributed by atoms with E-state index in [-0.39, 0.29) is 5.91 Å². The molecule has 104 valence electrons. The lowest BCUT2D eigenvalue weighted by atomic mass is 10.1. The number of carbonyl (C=O) groups is 2. The highest BCUT2D eigenvalue weighted by Gasteiger charge is 2.20. The third-order valence-corrected chi connectivity index (χ3v) is 3.63. The summed E-state index contributed by atoms with van der Waals surface area (Å²) in [5, 5.41) is 15.2. The molecule has 0 bridgehead atoms. The normalized spacial score (nSPS) is 11.8. The van der Waals surface area contributed by atoms with Gasteiger partial charge in [0.1, 0.15) is 6.04 Å². The number of thiophene rings is 1. The molecule has 0 aliphatic carbocycles. The molecule has 0 spiro atoms. The first-order valence-corrected chi connectivity index (χ1v) is 7.21. The summed E-state index contributed by atoms with van der Waals surface area (Å²) in [6, 6.07) is 10.4. The summed E-state index contributed by atoms with van der Waals surface area (Å²) in [5.74, 6) is -1.35. The predicted octanol–water partition coefficient (Wildman–Crippen LogP) is 2.56. The van der Waals surface area contributed by atoms with Gasteiger partial charge in [0.15, 0.2) is 0 Å². The van der Waals surface area contributed by atoms with Gasteiger partial charge in [-0.25, -0.2) is 4.79 Å². The summed E-state index contributed by atoms with van der Waals surface area (Å²) >= 11 is 1.41. The van der Waals surface area contributed by atoms with Crippen molar-refractivity contribution < 1.29 is 14.7 Å². The zero-order valence-corrected chi connectivity index (χ0v) is 11.6. The molecule has 1 heterocycles. The Bertz CT molecular complexity index is 566. The van der Waals surface area contributed by atoms with Crippen molar-refractivity contribution in [2.24, 2.45) is 0 Å². The Balaban J connectivity index is 1.94. The molecule has 0 saturated heterocycles. The lowest BCUT2D eigenvalue weighted by Crippen LogP contribution is -2.41. The predicted molar refractivity (Wildman–Crippen MR) is 78.0 cm³/mol. The van der Waals surface area contributed by atoms with Gasteiger partial charge in [-0.1, -0.05) is 30.3 Å². The van der Waals surface area contributed by atoms with E-state index in [2.05, 4.69) is 5.32 Å². The van der Waals surface area contributed by atoms with Gasteiger partial charge in [0.2, 0.25) is 0 Å². The molecule has 2 N–H and O–H groups in total. The molecule has 1 atom stereocenters. The first-order chi connectivity index (χ1) is 9.66. The minimum atomic E-state index is -1.01. The van der Waals surface area contributed by atoms with Crippen LogP contribution >= 0.6 is 11.3 Å². The van der Waals surface area contributed by atoms with Crippen LogP contribution in [0.25, 0.3) is 0 Å². The summed E-state index contributed by atoms with van der Waals surface area (Å²) in [6.45, 7) is 0. The van der Waals surface area contributed by atoms with E-state index < -0.39 is 12.0 Å². The molecule has 1 aromatic heterocycles. The smallest absolute Gasteiger partial charge is 0.326 e. The van der Waals surface area contributed by atoms with Gasteiger partial charge in [0.05, 0.1) is 5.56 Å². The van der Waals surface area contributed by atoms with Crippen LogP contribution < -0.4 is 5.32 Å². The van der Waals surface area contributed by atoms with E-state index in [1.807, 2.05) is 30.3 Å². The van der Waals surface area contributed by atoms with Gasteiger partial charge in [0.25, 0.3) is 5.91 Å². The molecule has 0 fully saturated rings. The average molecular weight is 289 g/mol. The lowest BCUT2D eigenvalue weighted by molar-refractivity contribution is -0.139. The number of amides is 1. The molecular formula is C15H15NO3S. The van der Waals surface area contributed by atoms with Gasteiger partial charge in [-0.15, -0.1) is 0 Å². The van der Waals surface area contributed by atoms with E-state index in [0.29, 0.717) is 18.4 Å². The Hall–Kier alpha value is -2.14. The summed E-state index contributed by atoms with van der Waals surface area (Å²) < 4.78 is 0. The molecule has 20 heavy (non-hydrogen) atoms. The first kappa shape index (κ1) is 14.3. The second-order valence-corrected chi connectivity index (χ2v) is 5.18. The molecule has 0 radical (unpaired) electrons. The molecule has 4 nitrogen and oxygen atoms in total. The Labute approximate surface area is 121 Å².